The maximum Gasteiger partial charge on any atom is 0.172 e. The molecule has 25 heavy (non-hydrogen) atoms. The molecule has 0 N–H and O–H groups in total. The Bertz CT molecular complexity index is 912. The van der Waals surface area contributed by atoms with E-state index >= 15 is 0 Å². The van der Waals surface area contributed by atoms with Gasteiger partial charge >= 0.3 is 0 Å². The Morgan fingerprint density at radius 1 is 1.20 bits per heavy atom. The lowest BCUT2D eigenvalue weighted by atomic mass is 9.95. The molecule has 0 aromatic carbocycles. The smallest absolute Gasteiger partial charge is 0.172 e. The summed E-state index contributed by atoms with van der Waals surface area (Å²) in [5.74, 6) is 0.0413. The van der Waals surface area contributed by atoms with Crippen LogP contribution in [0, 0.1) is 34.0 Å². The van der Waals surface area contributed by atoms with Gasteiger partial charge in [0.1, 0.15) is 29.4 Å². The van der Waals surface area contributed by atoms with Crippen LogP contribution in [0.15, 0.2) is 76.6 Å². The third kappa shape index (κ3) is 3.62. The average molecular weight is 328 g/mol. The number of likely N-dealkylation sites (N-methyl/N-ethyl adjacent to an activating group) is 1. The van der Waals surface area contributed by atoms with Crippen molar-refractivity contribution in [2.24, 2.45) is 0 Å². The van der Waals surface area contributed by atoms with Gasteiger partial charge in [0.05, 0.1) is 5.70 Å². The van der Waals surface area contributed by atoms with Crippen LogP contribution in [0.2, 0.25) is 0 Å². The minimum absolute atomic E-state index is 0.0413. The van der Waals surface area contributed by atoms with E-state index < -0.39 is 5.60 Å². The molecule has 0 saturated carbocycles. The van der Waals surface area contributed by atoms with Gasteiger partial charge in [0, 0.05) is 18.8 Å². The van der Waals surface area contributed by atoms with Gasteiger partial charge in [0.2, 0.25) is 0 Å². The van der Waals surface area contributed by atoms with Crippen LogP contribution in [0.4, 0.5) is 0 Å². The van der Waals surface area contributed by atoms with Crippen molar-refractivity contribution in [2.45, 2.75) is 19.4 Å². The first-order valence-electron chi connectivity index (χ1n) is 7.54. The zero-order valence-corrected chi connectivity index (χ0v) is 14.2. The first-order chi connectivity index (χ1) is 11.9. The molecule has 0 saturated heterocycles. The number of nitriles is 3. The molecule has 2 aliphatic rings. The van der Waals surface area contributed by atoms with Crippen molar-refractivity contribution in [1.82, 2.24) is 4.90 Å². The number of rotatable bonds is 2. The van der Waals surface area contributed by atoms with Crippen molar-refractivity contribution in [3.8, 4) is 18.2 Å². The predicted octanol–water partition coefficient (Wildman–Crippen LogP) is 3.53. The topological polar surface area (TPSA) is 83.8 Å². The van der Waals surface area contributed by atoms with Crippen molar-refractivity contribution in [1.29, 1.82) is 15.8 Å². The molecule has 122 valence electrons. The molecule has 2 aliphatic heterocycles. The van der Waals surface area contributed by atoms with Gasteiger partial charge < -0.3 is 9.64 Å². The highest BCUT2D eigenvalue weighted by atomic mass is 16.5. The molecule has 0 fully saturated rings. The lowest BCUT2D eigenvalue weighted by Gasteiger charge is -2.20. The summed E-state index contributed by atoms with van der Waals surface area (Å²) in [5, 5.41) is 27.5. The molecular weight excluding hydrogens is 312 g/mol. The van der Waals surface area contributed by atoms with E-state index in [0.29, 0.717) is 5.57 Å². The third-order valence-electron chi connectivity index (χ3n) is 3.71. The largest absolute Gasteiger partial charge is 0.480 e. The number of ether oxygens (including phenoxy) is 1. The van der Waals surface area contributed by atoms with Gasteiger partial charge in [-0.25, -0.2) is 0 Å². The van der Waals surface area contributed by atoms with E-state index in [0.717, 1.165) is 5.70 Å². The van der Waals surface area contributed by atoms with E-state index in [1.807, 2.05) is 42.4 Å². The maximum atomic E-state index is 9.45. The highest BCUT2D eigenvalue weighted by Gasteiger charge is 2.38. The molecule has 0 aromatic heterocycles. The summed E-state index contributed by atoms with van der Waals surface area (Å²) in [6.45, 7) is 3.57. The zero-order chi connectivity index (χ0) is 18.4. The fourth-order valence-electron chi connectivity index (χ4n) is 2.43. The van der Waals surface area contributed by atoms with Crippen LogP contribution in [0.3, 0.4) is 0 Å². The molecule has 0 aromatic rings. The summed E-state index contributed by atoms with van der Waals surface area (Å²) in [6.07, 6.45) is 12.9. The second-order valence-corrected chi connectivity index (χ2v) is 5.81. The minimum Gasteiger partial charge on any atom is -0.480 e. The summed E-state index contributed by atoms with van der Waals surface area (Å²) < 4.78 is 5.69. The van der Waals surface area contributed by atoms with Crippen molar-refractivity contribution < 1.29 is 4.74 Å². The van der Waals surface area contributed by atoms with E-state index in [2.05, 4.69) is 5.73 Å². The van der Waals surface area contributed by atoms with Crippen molar-refractivity contribution in [2.75, 3.05) is 7.05 Å². The second-order valence-electron chi connectivity index (χ2n) is 5.81. The predicted molar refractivity (Wildman–Crippen MR) is 92.8 cm³/mol. The Morgan fingerprint density at radius 3 is 2.52 bits per heavy atom. The Hall–Kier alpha value is -3.71. The first kappa shape index (κ1) is 17.6. The Balaban J connectivity index is 2.43. The average Bonchev–Trinajstić information content (AvgIpc) is 2.84. The normalized spacial score (nSPS) is 17.7. The highest BCUT2D eigenvalue weighted by Crippen LogP contribution is 2.40. The minimum atomic E-state index is -0.804. The zero-order valence-electron chi connectivity index (χ0n) is 14.2. The summed E-state index contributed by atoms with van der Waals surface area (Å²) in [5.41, 5.74) is 3.86. The second kappa shape index (κ2) is 7.24. The fourth-order valence-corrected chi connectivity index (χ4v) is 2.43. The molecule has 0 amide bonds. The van der Waals surface area contributed by atoms with Crippen LogP contribution in [0.1, 0.15) is 13.8 Å². The van der Waals surface area contributed by atoms with Gasteiger partial charge in [0.25, 0.3) is 0 Å². The molecule has 0 unspecified atom stereocenters. The SMILES string of the molecule is CN1C=CC=CC1=C=CC=CC1=C(C#N)C(=C(C#N)C#N)OC1(C)C. The molecule has 5 nitrogen and oxygen atoms in total. The van der Waals surface area contributed by atoms with Crippen molar-refractivity contribution in [3.63, 3.8) is 0 Å². The maximum absolute atomic E-state index is 9.45. The molecule has 0 spiro atoms. The Kier molecular flexibility index (Phi) is 5.11. The standard InChI is InChI=1S/C20H16N4O/c1-20(2)18(17(14-23)19(25-20)15(12-21)13-22)10-5-4-8-16-9-6-7-11-24(16)3/h4-7,9-11H,1-3H3. The molecule has 0 atom stereocenters. The van der Waals surface area contributed by atoms with Crippen LogP contribution in [0.25, 0.3) is 0 Å². The molecular formula is C20H16N4O. The van der Waals surface area contributed by atoms with Gasteiger partial charge in [-0.3, -0.25) is 0 Å². The van der Waals surface area contributed by atoms with Gasteiger partial charge in [0.15, 0.2) is 11.3 Å². The van der Waals surface area contributed by atoms with Crippen LogP contribution < -0.4 is 0 Å². The third-order valence-corrected chi connectivity index (χ3v) is 3.71. The molecule has 5 heteroatoms. The number of hydrogen-bond acceptors (Lipinski definition) is 5. The van der Waals surface area contributed by atoms with Crippen molar-refractivity contribution in [3.05, 3.63) is 76.6 Å². The fraction of sp³-hybridized carbons (Fsp3) is 0.200. The molecule has 2 rings (SSSR count). The van der Waals surface area contributed by atoms with Crippen LogP contribution in [0.5, 0.6) is 0 Å². The summed E-state index contributed by atoms with van der Waals surface area (Å²) in [6, 6.07) is 5.59. The lowest BCUT2D eigenvalue weighted by molar-refractivity contribution is 0.0954. The summed E-state index contributed by atoms with van der Waals surface area (Å²) in [4.78, 5) is 1.93. The van der Waals surface area contributed by atoms with Crippen LogP contribution in [-0.2, 0) is 4.74 Å². The monoisotopic (exact) mass is 328 g/mol. The number of nitrogens with zero attached hydrogens (tertiary/aromatic N) is 4. The van der Waals surface area contributed by atoms with E-state index in [-0.39, 0.29) is 16.9 Å². The summed E-state index contributed by atoms with van der Waals surface area (Å²) in [7, 11) is 1.92. The number of hydrogen-bond donors (Lipinski definition) is 0. The number of allylic oxidation sites excluding steroid dienone is 6. The molecule has 0 radical (unpaired) electrons. The van der Waals surface area contributed by atoms with E-state index in [1.54, 1.807) is 44.2 Å². The quantitative estimate of drug-likeness (QED) is 0.440. The Labute approximate surface area is 147 Å². The van der Waals surface area contributed by atoms with Crippen LogP contribution >= 0.6 is 0 Å². The van der Waals surface area contributed by atoms with Gasteiger partial charge in [-0.15, -0.1) is 0 Å². The lowest BCUT2D eigenvalue weighted by Crippen LogP contribution is -2.20. The molecule has 0 aliphatic carbocycles. The van der Waals surface area contributed by atoms with E-state index in [4.69, 9.17) is 15.3 Å². The van der Waals surface area contributed by atoms with E-state index in [9.17, 15) is 5.26 Å². The molecule has 2 heterocycles. The van der Waals surface area contributed by atoms with Crippen LogP contribution in [-0.4, -0.2) is 17.5 Å². The first-order valence-corrected chi connectivity index (χ1v) is 7.54. The summed E-state index contributed by atoms with van der Waals surface area (Å²) >= 11 is 0. The van der Waals surface area contributed by atoms with Crippen molar-refractivity contribution >= 4 is 0 Å². The van der Waals surface area contributed by atoms with Gasteiger partial charge in [-0.05, 0) is 32.1 Å². The molecule has 0 bridgehead atoms. The highest BCUT2D eigenvalue weighted by molar-refractivity contribution is 5.60. The van der Waals surface area contributed by atoms with Gasteiger partial charge in [-0.2, -0.15) is 15.8 Å². The Morgan fingerprint density at radius 2 is 1.92 bits per heavy atom. The van der Waals surface area contributed by atoms with Gasteiger partial charge in [-0.1, -0.05) is 24.0 Å². The van der Waals surface area contributed by atoms with E-state index in [1.165, 1.54) is 0 Å².